The van der Waals surface area contributed by atoms with Crippen LogP contribution in [0.1, 0.15) is 20.3 Å². The van der Waals surface area contributed by atoms with E-state index < -0.39 is 0 Å². The minimum absolute atomic E-state index is 0.124. The van der Waals surface area contributed by atoms with Gasteiger partial charge in [0, 0.05) is 6.54 Å². The molecule has 2 heteroatoms. The van der Waals surface area contributed by atoms with Crippen LogP contribution in [0.5, 0.6) is 0 Å². The molecule has 0 saturated heterocycles. The SMILES string of the molecule is CC(C)C1=C(F)C=NCC1. The molecule has 1 aliphatic rings. The number of rotatable bonds is 1. The molecule has 0 atom stereocenters. The minimum Gasteiger partial charge on any atom is -0.290 e. The molecule has 0 aliphatic carbocycles. The molecule has 0 aromatic carbocycles. The summed E-state index contributed by atoms with van der Waals surface area (Å²) in [6, 6.07) is 0. The van der Waals surface area contributed by atoms with Gasteiger partial charge in [0.25, 0.3) is 0 Å². The third-order valence-electron chi connectivity index (χ3n) is 1.72. The van der Waals surface area contributed by atoms with Crippen LogP contribution in [0.2, 0.25) is 0 Å². The molecule has 0 aromatic heterocycles. The zero-order chi connectivity index (χ0) is 7.56. The standard InChI is InChI=1S/C8H12FN/c1-6(2)7-3-4-10-5-8(7)9/h5-6H,3-4H2,1-2H3. The van der Waals surface area contributed by atoms with E-state index in [1.807, 2.05) is 13.8 Å². The molecule has 1 aliphatic heterocycles. The van der Waals surface area contributed by atoms with Crippen molar-refractivity contribution >= 4 is 6.21 Å². The van der Waals surface area contributed by atoms with Gasteiger partial charge in [-0.15, -0.1) is 0 Å². The van der Waals surface area contributed by atoms with E-state index in [1.54, 1.807) is 0 Å². The van der Waals surface area contributed by atoms with Crippen molar-refractivity contribution in [1.29, 1.82) is 0 Å². The molecule has 56 valence electrons. The molecule has 0 saturated carbocycles. The first kappa shape index (κ1) is 7.45. The highest BCUT2D eigenvalue weighted by molar-refractivity contribution is 5.77. The first-order valence-corrected chi connectivity index (χ1v) is 3.60. The lowest BCUT2D eigenvalue weighted by Gasteiger charge is -2.12. The number of aliphatic imine (C=N–C) groups is 1. The van der Waals surface area contributed by atoms with E-state index in [1.165, 1.54) is 6.21 Å². The number of hydrogen-bond donors (Lipinski definition) is 0. The van der Waals surface area contributed by atoms with E-state index in [-0.39, 0.29) is 5.83 Å². The fraction of sp³-hybridized carbons (Fsp3) is 0.625. The van der Waals surface area contributed by atoms with Crippen molar-refractivity contribution < 1.29 is 4.39 Å². The molecule has 0 fully saturated rings. The van der Waals surface area contributed by atoms with Crippen molar-refractivity contribution in [3.8, 4) is 0 Å². The Morgan fingerprint density at radius 2 is 2.30 bits per heavy atom. The Morgan fingerprint density at radius 3 is 2.70 bits per heavy atom. The Bertz CT molecular complexity index is 180. The number of nitrogens with zero attached hydrogens (tertiary/aromatic N) is 1. The third-order valence-corrected chi connectivity index (χ3v) is 1.72. The van der Waals surface area contributed by atoms with E-state index in [9.17, 15) is 4.39 Å². The summed E-state index contributed by atoms with van der Waals surface area (Å²) in [5.74, 6) is 0.202. The summed E-state index contributed by atoms with van der Waals surface area (Å²) >= 11 is 0. The molecule has 0 amide bonds. The number of dihydropyridines is 1. The topological polar surface area (TPSA) is 12.4 Å². The highest BCUT2D eigenvalue weighted by Gasteiger charge is 2.11. The molecule has 1 rings (SSSR count). The van der Waals surface area contributed by atoms with Gasteiger partial charge in [-0.3, -0.25) is 4.99 Å². The average molecular weight is 141 g/mol. The van der Waals surface area contributed by atoms with Crippen LogP contribution in [0.3, 0.4) is 0 Å². The first-order chi connectivity index (χ1) is 4.72. The van der Waals surface area contributed by atoms with Crippen LogP contribution < -0.4 is 0 Å². The summed E-state index contributed by atoms with van der Waals surface area (Å²) in [5.41, 5.74) is 0.912. The minimum atomic E-state index is -0.124. The summed E-state index contributed by atoms with van der Waals surface area (Å²) < 4.78 is 12.8. The molecule has 1 heterocycles. The van der Waals surface area contributed by atoms with Crippen molar-refractivity contribution in [2.75, 3.05) is 6.54 Å². The predicted molar refractivity (Wildman–Crippen MR) is 40.9 cm³/mol. The molecule has 0 N–H and O–H groups in total. The van der Waals surface area contributed by atoms with Gasteiger partial charge in [0.15, 0.2) is 0 Å². The van der Waals surface area contributed by atoms with E-state index in [0.717, 1.165) is 18.5 Å². The van der Waals surface area contributed by atoms with E-state index in [0.29, 0.717) is 5.92 Å². The van der Waals surface area contributed by atoms with E-state index in [2.05, 4.69) is 4.99 Å². The Morgan fingerprint density at radius 1 is 1.60 bits per heavy atom. The number of allylic oxidation sites excluding steroid dienone is 1. The molecular weight excluding hydrogens is 129 g/mol. The maximum atomic E-state index is 12.8. The highest BCUT2D eigenvalue weighted by Crippen LogP contribution is 2.21. The van der Waals surface area contributed by atoms with Gasteiger partial charge in [0.05, 0.1) is 6.21 Å². The lowest BCUT2D eigenvalue weighted by molar-refractivity contribution is 0.603. The van der Waals surface area contributed by atoms with Gasteiger partial charge in [0.1, 0.15) is 5.83 Å². The zero-order valence-electron chi connectivity index (χ0n) is 6.39. The Balaban J connectivity index is 2.79. The maximum absolute atomic E-state index is 12.8. The van der Waals surface area contributed by atoms with Crippen LogP contribution in [0.4, 0.5) is 4.39 Å². The molecule has 0 bridgehead atoms. The second-order valence-electron chi connectivity index (χ2n) is 2.81. The van der Waals surface area contributed by atoms with Crippen LogP contribution in [0.15, 0.2) is 16.4 Å². The van der Waals surface area contributed by atoms with Crippen molar-refractivity contribution in [3.63, 3.8) is 0 Å². The summed E-state index contributed by atoms with van der Waals surface area (Å²) in [6.45, 7) is 4.77. The molecule has 10 heavy (non-hydrogen) atoms. The quantitative estimate of drug-likeness (QED) is 0.531. The number of halogens is 1. The van der Waals surface area contributed by atoms with Gasteiger partial charge in [-0.2, -0.15) is 0 Å². The normalized spacial score (nSPS) is 18.8. The zero-order valence-corrected chi connectivity index (χ0v) is 6.39. The Hall–Kier alpha value is -0.660. The fourth-order valence-electron chi connectivity index (χ4n) is 1.10. The second-order valence-corrected chi connectivity index (χ2v) is 2.81. The van der Waals surface area contributed by atoms with Crippen LogP contribution in [-0.4, -0.2) is 12.8 Å². The van der Waals surface area contributed by atoms with Crippen molar-refractivity contribution in [1.82, 2.24) is 0 Å². The Kier molecular flexibility index (Phi) is 2.20. The molecule has 1 nitrogen and oxygen atoms in total. The van der Waals surface area contributed by atoms with Gasteiger partial charge in [0.2, 0.25) is 0 Å². The van der Waals surface area contributed by atoms with Crippen LogP contribution in [0.25, 0.3) is 0 Å². The molecule has 0 spiro atoms. The number of hydrogen-bond acceptors (Lipinski definition) is 1. The summed E-state index contributed by atoms with van der Waals surface area (Å²) in [7, 11) is 0. The van der Waals surface area contributed by atoms with E-state index in [4.69, 9.17) is 0 Å². The lowest BCUT2D eigenvalue weighted by atomic mass is 9.98. The second kappa shape index (κ2) is 2.95. The smallest absolute Gasteiger partial charge is 0.140 e. The van der Waals surface area contributed by atoms with Crippen molar-refractivity contribution in [3.05, 3.63) is 11.4 Å². The molecule has 0 unspecified atom stereocenters. The monoisotopic (exact) mass is 141 g/mol. The fourth-order valence-corrected chi connectivity index (χ4v) is 1.10. The van der Waals surface area contributed by atoms with Gasteiger partial charge in [-0.1, -0.05) is 13.8 Å². The highest BCUT2D eigenvalue weighted by atomic mass is 19.1. The summed E-state index contributed by atoms with van der Waals surface area (Å²) in [6.07, 6.45) is 2.12. The lowest BCUT2D eigenvalue weighted by Crippen LogP contribution is -2.04. The Labute approximate surface area is 60.7 Å². The average Bonchev–Trinajstić information content (AvgIpc) is 1.88. The molecule has 0 aromatic rings. The summed E-state index contributed by atoms with van der Waals surface area (Å²) in [5, 5.41) is 0. The summed E-state index contributed by atoms with van der Waals surface area (Å²) in [4.78, 5) is 3.83. The van der Waals surface area contributed by atoms with Gasteiger partial charge < -0.3 is 0 Å². The third kappa shape index (κ3) is 1.43. The van der Waals surface area contributed by atoms with Crippen molar-refractivity contribution in [2.45, 2.75) is 20.3 Å². The van der Waals surface area contributed by atoms with Crippen LogP contribution in [0, 0.1) is 5.92 Å². The molecule has 0 radical (unpaired) electrons. The van der Waals surface area contributed by atoms with E-state index >= 15 is 0 Å². The van der Waals surface area contributed by atoms with Gasteiger partial charge in [-0.25, -0.2) is 4.39 Å². The van der Waals surface area contributed by atoms with Crippen molar-refractivity contribution in [2.24, 2.45) is 10.9 Å². The maximum Gasteiger partial charge on any atom is 0.140 e. The predicted octanol–water partition coefficient (Wildman–Crippen LogP) is 2.34. The van der Waals surface area contributed by atoms with Crippen LogP contribution >= 0.6 is 0 Å². The molecular formula is C8H12FN. The van der Waals surface area contributed by atoms with Crippen LogP contribution in [-0.2, 0) is 0 Å². The van der Waals surface area contributed by atoms with Gasteiger partial charge in [-0.05, 0) is 17.9 Å². The van der Waals surface area contributed by atoms with Gasteiger partial charge >= 0.3 is 0 Å². The largest absolute Gasteiger partial charge is 0.290 e. The first-order valence-electron chi connectivity index (χ1n) is 3.60.